The van der Waals surface area contributed by atoms with E-state index in [0.717, 1.165) is 17.3 Å². The number of hydrogen-bond acceptors (Lipinski definition) is 6. The lowest BCUT2D eigenvalue weighted by Gasteiger charge is -2.03. The topological polar surface area (TPSA) is 101 Å². The first-order chi connectivity index (χ1) is 11.5. The molecule has 1 aromatic carbocycles. The number of nitrogens with one attached hydrogen (secondary N) is 1. The van der Waals surface area contributed by atoms with Gasteiger partial charge in [0.1, 0.15) is 11.5 Å². The molecule has 0 fully saturated rings. The number of benzene rings is 1. The molecule has 2 aromatic heterocycles. The Hall–Kier alpha value is -2.45. The Morgan fingerprint density at radius 1 is 1.38 bits per heavy atom. The smallest absolute Gasteiger partial charge is 0.313 e. The van der Waals surface area contributed by atoms with Gasteiger partial charge in [-0.2, -0.15) is 4.98 Å². The first kappa shape index (κ1) is 16.4. The van der Waals surface area contributed by atoms with Crippen LogP contribution >= 0.6 is 23.4 Å². The number of carboxylic acids is 1. The predicted molar refractivity (Wildman–Crippen MR) is 89.4 cm³/mol. The number of aromatic nitrogens is 3. The minimum atomic E-state index is -0.929. The molecular weight excluding hydrogens is 354 g/mol. The summed E-state index contributed by atoms with van der Waals surface area (Å²) < 4.78 is 11.0. The van der Waals surface area contributed by atoms with Crippen molar-refractivity contribution in [3.05, 3.63) is 35.4 Å². The minimum Gasteiger partial charge on any atom is -0.497 e. The summed E-state index contributed by atoms with van der Waals surface area (Å²) in [5, 5.41) is 16.2. The molecule has 2 N–H and O–H groups in total. The molecular formula is C15H12ClN3O4S. The number of halogens is 1. The molecule has 0 spiro atoms. The normalized spacial score (nSPS) is 10.8. The number of aliphatic carboxylic acids is 1. The number of methoxy groups -OCH3 is 1. The van der Waals surface area contributed by atoms with Gasteiger partial charge in [-0.25, -0.2) is 0 Å². The number of furan rings is 1. The van der Waals surface area contributed by atoms with Crippen LogP contribution in [0.25, 0.3) is 22.9 Å². The maximum absolute atomic E-state index is 10.6. The van der Waals surface area contributed by atoms with Crippen molar-refractivity contribution in [3.63, 3.8) is 0 Å². The molecule has 0 amide bonds. The zero-order chi connectivity index (χ0) is 17.1. The third-order valence-corrected chi connectivity index (χ3v) is 4.07. The molecule has 0 saturated carbocycles. The molecule has 0 bridgehead atoms. The Labute approximate surface area is 146 Å². The van der Waals surface area contributed by atoms with Crippen LogP contribution in [-0.2, 0) is 4.79 Å². The van der Waals surface area contributed by atoms with Crippen molar-refractivity contribution in [1.29, 1.82) is 0 Å². The van der Waals surface area contributed by atoms with E-state index in [-0.39, 0.29) is 5.75 Å². The first-order valence-electron chi connectivity index (χ1n) is 6.77. The van der Waals surface area contributed by atoms with Gasteiger partial charge >= 0.3 is 5.97 Å². The number of hydrogen-bond donors (Lipinski definition) is 2. The SMILES string of the molecule is COc1cc(Cl)cc(-c2ccc(-c3nc(SCC(=O)O)n[nH]3)o2)c1. The Morgan fingerprint density at radius 2 is 2.17 bits per heavy atom. The average Bonchev–Trinajstić information content (AvgIpc) is 3.21. The van der Waals surface area contributed by atoms with E-state index in [4.69, 9.17) is 25.9 Å². The summed E-state index contributed by atoms with van der Waals surface area (Å²) in [6.45, 7) is 0. The number of ether oxygens (including phenoxy) is 1. The lowest BCUT2D eigenvalue weighted by Crippen LogP contribution is -1.97. The zero-order valence-corrected chi connectivity index (χ0v) is 14.0. The van der Waals surface area contributed by atoms with Crippen molar-refractivity contribution in [2.45, 2.75) is 5.16 Å². The van der Waals surface area contributed by atoms with Crippen molar-refractivity contribution in [3.8, 4) is 28.7 Å². The lowest BCUT2D eigenvalue weighted by molar-refractivity contribution is -0.133. The van der Waals surface area contributed by atoms with Crippen LogP contribution in [0.15, 0.2) is 39.9 Å². The van der Waals surface area contributed by atoms with Crippen molar-refractivity contribution in [2.75, 3.05) is 12.9 Å². The molecule has 0 aliphatic carbocycles. The van der Waals surface area contributed by atoms with Crippen molar-refractivity contribution in [1.82, 2.24) is 15.2 Å². The second-order valence-corrected chi connectivity index (χ2v) is 6.07. The lowest BCUT2D eigenvalue weighted by atomic mass is 10.1. The second kappa shape index (κ2) is 6.98. The molecule has 0 aliphatic rings. The molecule has 9 heteroatoms. The number of thioether (sulfide) groups is 1. The van der Waals surface area contributed by atoms with Gasteiger partial charge in [-0.3, -0.25) is 9.89 Å². The van der Waals surface area contributed by atoms with E-state index in [1.54, 1.807) is 31.4 Å². The number of carboxylic acid groups (broad SMARTS) is 1. The molecule has 0 unspecified atom stereocenters. The minimum absolute atomic E-state index is 0.108. The molecule has 2 heterocycles. The van der Waals surface area contributed by atoms with Crippen molar-refractivity contribution in [2.24, 2.45) is 0 Å². The van der Waals surface area contributed by atoms with Crippen LogP contribution in [0.1, 0.15) is 0 Å². The highest BCUT2D eigenvalue weighted by atomic mass is 35.5. The van der Waals surface area contributed by atoms with E-state index in [1.807, 2.05) is 6.07 Å². The fourth-order valence-corrected chi connectivity index (χ4v) is 2.73. The fraction of sp³-hybridized carbons (Fsp3) is 0.133. The summed E-state index contributed by atoms with van der Waals surface area (Å²) in [5.74, 6) is 1.09. The number of aromatic amines is 1. The van der Waals surface area contributed by atoms with Gasteiger partial charge in [0.2, 0.25) is 5.16 Å². The third-order valence-electron chi connectivity index (χ3n) is 3.02. The molecule has 3 aromatic rings. The zero-order valence-electron chi connectivity index (χ0n) is 12.4. The van der Waals surface area contributed by atoms with E-state index in [9.17, 15) is 4.79 Å². The number of rotatable bonds is 6. The van der Waals surface area contributed by atoms with Crippen LogP contribution in [0, 0.1) is 0 Å². The van der Waals surface area contributed by atoms with Gasteiger partial charge in [-0.05, 0) is 30.3 Å². The van der Waals surface area contributed by atoms with Crippen LogP contribution in [0.3, 0.4) is 0 Å². The molecule has 7 nitrogen and oxygen atoms in total. The van der Waals surface area contributed by atoms with Crippen LogP contribution < -0.4 is 4.74 Å². The predicted octanol–water partition coefficient (Wildman–Crippen LogP) is 3.57. The number of H-pyrrole nitrogens is 1. The molecule has 0 saturated heterocycles. The molecule has 0 atom stereocenters. The summed E-state index contributed by atoms with van der Waals surface area (Å²) in [7, 11) is 1.56. The number of carbonyl (C=O) groups is 1. The van der Waals surface area contributed by atoms with Gasteiger partial charge < -0.3 is 14.3 Å². The summed E-state index contributed by atoms with van der Waals surface area (Å²) >= 11 is 7.09. The monoisotopic (exact) mass is 365 g/mol. The summed E-state index contributed by atoms with van der Waals surface area (Å²) in [6, 6.07) is 8.81. The van der Waals surface area contributed by atoms with Gasteiger partial charge in [-0.1, -0.05) is 23.4 Å². The van der Waals surface area contributed by atoms with Crippen LogP contribution in [0.4, 0.5) is 0 Å². The van der Waals surface area contributed by atoms with Gasteiger partial charge in [-0.15, -0.1) is 5.10 Å². The second-order valence-electron chi connectivity index (χ2n) is 4.69. The Kier molecular flexibility index (Phi) is 4.77. The molecule has 124 valence electrons. The summed E-state index contributed by atoms with van der Waals surface area (Å²) in [4.78, 5) is 14.8. The van der Waals surface area contributed by atoms with E-state index < -0.39 is 5.97 Å². The summed E-state index contributed by atoms with van der Waals surface area (Å²) in [5.41, 5.74) is 0.769. The first-order valence-corrected chi connectivity index (χ1v) is 8.13. The van der Waals surface area contributed by atoms with E-state index in [2.05, 4.69) is 15.2 Å². The molecule has 0 aliphatic heterocycles. The maximum atomic E-state index is 10.6. The van der Waals surface area contributed by atoms with Gasteiger partial charge in [0.25, 0.3) is 0 Å². The molecule has 24 heavy (non-hydrogen) atoms. The van der Waals surface area contributed by atoms with E-state index in [0.29, 0.717) is 33.3 Å². The molecule has 0 radical (unpaired) electrons. The standard InChI is InChI=1S/C15H12ClN3O4S/c1-22-10-5-8(4-9(16)6-10)11-2-3-12(23-11)14-17-15(19-18-14)24-7-13(20)21/h2-6H,7H2,1H3,(H,20,21)(H,17,18,19). The van der Waals surface area contributed by atoms with Crippen LogP contribution in [0.2, 0.25) is 5.02 Å². The Bertz CT molecular complexity index is 877. The largest absolute Gasteiger partial charge is 0.497 e. The molecule has 3 rings (SSSR count). The van der Waals surface area contributed by atoms with Crippen LogP contribution in [-0.4, -0.2) is 39.1 Å². The Balaban J connectivity index is 1.83. The average molecular weight is 366 g/mol. The van der Waals surface area contributed by atoms with E-state index >= 15 is 0 Å². The third kappa shape index (κ3) is 3.72. The maximum Gasteiger partial charge on any atom is 0.313 e. The highest BCUT2D eigenvalue weighted by molar-refractivity contribution is 7.99. The summed E-state index contributed by atoms with van der Waals surface area (Å²) in [6.07, 6.45) is 0. The van der Waals surface area contributed by atoms with Gasteiger partial charge in [0.05, 0.1) is 12.9 Å². The quantitative estimate of drug-likeness (QED) is 0.644. The van der Waals surface area contributed by atoms with Crippen molar-refractivity contribution >= 4 is 29.3 Å². The number of nitrogens with zero attached hydrogens (tertiary/aromatic N) is 2. The van der Waals surface area contributed by atoms with Crippen molar-refractivity contribution < 1.29 is 19.1 Å². The van der Waals surface area contributed by atoms with Crippen LogP contribution in [0.5, 0.6) is 5.75 Å². The Morgan fingerprint density at radius 3 is 2.92 bits per heavy atom. The van der Waals surface area contributed by atoms with Gasteiger partial charge in [0, 0.05) is 10.6 Å². The fourth-order valence-electron chi connectivity index (χ4n) is 1.99. The highest BCUT2D eigenvalue weighted by Crippen LogP contribution is 2.32. The highest BCUT2D eigenvalue weighted by Gasteiger charge is 2.13. The van der Waals surface area contributed by atoms with Gasteiger partial charge in [0.15, 0.2) is 11.6 Å². The van der Waals surface area contributed by atoms with E-state index in [1.165, 1.54) is 0 Å².